The van der Waals surface area contributed by atoms with E-state index in [-0.39, 0.29) is 0 Å². The van der Waals surface area contributed by atoms with Crippen molar-refractivity contribution in [3.8, 4) is 0 Å². The summed E-state index contributed by atoms with van der Waals surface area (Å²) < 4.78 is 0. The Morgan fingerprint density at radius 1 is 1.53 bits per heavy atom. The predicted octanol–water partition coefficient (Wildman–Crippen LogP) is 2.22. The van der Waals surface area contributed by atoms with Crippen LogP contribution in [-0.4, -0.2) is 21.9 Å². The fraction of sp³-hybridized carbons (Fsp3) is 0.364. The quantitative estimate of drug-likeness (QED) is 0.768. The molecule has 1 atom stereocenters. The first-order valence-corrected chi connectivity index (χ1v) is 5.77. The number of aliphatic hydroxyl groups is 1. The molecule has 1 unspecified atom stereocenters. The minimum absolute atomic E-state index is 0.329. The fourth-order valence-corrected chi connectivity index (χ4v) is 3.07. The van der Waals surface area contributed by atoms with Gasteiger partial charge in [0.25, 0.3) is 0 Å². The number of hydrogen-bond donors (Lipinski definition) is 2. The van der Waals surface area contributed by atoms with Crippen molar-refractivity contribution < 1.29 is 15.0 Å². The third-order valence-corrected chi connectivity index (χ3v) is 3.93. The van der Waals surface area contributed by atoms with Gasteiger partial charge in [0.15, 0.2) is 0 Å². The molecule has 2 N–H and O–H groups in total. The first kappa shape index (κ1) is 10.5. The van der Waals surface area contributed by atoms with Gasteiger partial charge in [-0.25, -0.2) is 4.79 Å². The second-order valence-corrected chi connectivity index (χ2v) is 4.72. The Morgan fingerprint density at radius 3 is 2.93 bits per heavy atom. The third kappa shape index (κ3) is 1.75. The lowest BCUT2D eigenvalue weighted by atomic mass is 10.00. The van der Waals surface area contributed by atoms with Gasteiger partial charge in [0.05, 0.1) is 11.7 Å². The standard InChI is InChI=1S/C11H12O3S/c1-6-7(11(13)14)2-3-8-9(12)4-5-15-10(6)8/h2-3,9,12H,4-5H2,1H3,(H,13,14). The Hall–Kier alpha value is -1.00. The molecule has 1 aromatic rings. The molecular formula is C11H12O3S. The number of carboxylic acid groups (broad SMARTS) is 1. The molecule has 0 aromatic heterocycles. The van der Waals surface area contributed by atoms with Crippen LogP contribution in [0.3, 0.4) is 0 Å². The van der Waals surface area contributed by atoms with Crippen molar-refractivity contribution in [2.75, 3.05) is 5.75 Å². The average molecular weight is 224 g/mol. The molecule has 0 bridgehead atoms. The van der Waals surface area contributed by atoms with Crippen molar-refractivity contribution in [3.05, 3.63) is 28.8 Å². The topological polar surface area (TPSA) is 57.5 Å². The minimum Gasteiger partial charge on any atom is -0.478 e. The number of rotatable bonds is 1. The molecule has 15 heavy (non-hydrogen) atoms. The summed E-state index contributed by atoms with van der Waals surface area (Å²) in [7, 11) is 0. The smallest absolute Gasteiger partial charge is 0.335 e. The molecule has 2 rings (SSSR count). The van der Waals surface area contributed by atoms with E-state index in [1.54, 1.807) is 30.8 Å². The molecule has 4 heteroatoms. The highest BCUT2D eigenvalue weighted by Gasteiger charge is 2.22. The number of aromatic carboxylic acids is 1. The number of fused-ring (bicyclic) bond motifs is 1. The Bertz CT molecular complexity index is 415. The maximum absolute atomic E-state index is 10.9. The van der Waals surface area contributed by atoms with Crippen LogP contribution in [0.1, 0.15) is 34.0 Å². The Labute approximate surface area is 92.1 Å². The molecule has 0 saturated heterocycles. The van der Waals surface area contributed by atoms with Gasteiger partial charge in [-0.15, -0.1) is 11.8 Å². The highest BCUT2D eigenvalue weighted by molar-refractivity contribution is 7.99. The van der Waals surface area contributed by atoms with Crippen molar-refractivity contribution in [1.29, 1.82) is 0 Å². The van der Waals surface area contributed by atoms with Crippen molar-refractivity contribution in [2.45, 2.75) is 24.3 Å². The van der Waals surface area contributed by atoms with Crippen LogP contribution in [0.4, 0.5) is 0 Å². The summed E-state index contributed by atoms with van der Waals surface area (Å²) >= 11 is 1.63. The van der Waals surface area contributed by atoms with Crippen LogP contribution >= 0.6 is 11.8 Å². The number of hydrogen-bond acceptors (Lipinski definition) is 3. The lowest BCUT2D eigenvalue weighted by Crippen LogP contribution is -2.10. The normalized spacial score (nSPS) is 19.7. The molecule has 0 spiro atoms. The van der Waals surface area contributed by atoms with Crippen LogP contribution in [0.25, 0.3) is 0 Å². The van der Waals surface area contributed by atoms with E-state index in [9.17, 15) is 9.90 Å². The zero-order valence-electron chi connectivity index (χ0n) is 8.36. The summed E-state index contributed by atoms with van der Waals surface area (Å²) in [5, 5.41) is 18.7. The Morgan fingerprint density at radius 2 is 2.27 bits per heavy atom. The largest absolute Gasteiger partial charge is 0.478 e. The molecule has 1 aromatic carbocycles. The molecular weight excluding hydrogens is 212 g/mol. The van der Waals surface area contributed by atoms with Crippen LogP contribution in [0, 0.1) is 6.92 Å². The molecule has 1 aliphatic rings. The molecule has 1 heterocycles. The molecule has 0 amide bonds. The molecule has 1 aliphatic heterocycles. The van der Waals surface area contributed by atoms with Crippen molar-refractivity contribution >= 4 is 17.7 Å². The Kier molecular flexibility index (Phi) is 2.71. The van der Waals surface area contributed by atoms with Gasteiger partial charge in [0.2, 0.25) is 0 Å². The summed E-state index contributed by atoms with van der Waals surface area (Å²) in [5.74, 6) is -0.0612. The van der Waals surface area contributed by atoms with E-state index in [0.717, 1.165) is 28.2 Å². The van der Waals surface area contributed by atoms with Crippen molar-refractivity contribution in [2.24, 2.45) is 0 Å². The van der Waals surface area contributed by atoms with Crippen molar-refractivity contribution in [1.82, 2.24) is 0 Å². The molecule has 3 nitrogen and oxygen atoms in total. The van der Waals surface area contributed by atoms with E-state index in [2.05, 4.69) is 0 Å². The van der Waals surface area contributed by atoms with Gasteiger partial charge < -0.3 is 10.2 Å². The van der Waals surface area contributed by atoms with E-state index < -0.39 is 12.1 Å². The number of carbonyl (C=O) groups is 1. The first-order chi connectivity index (χ1) is 7.11. The summed E-state index contributed by atoms with van der Waals surface area (Å²) in [5.41, 5.74) is 1.97. The van der Waals surface area contributed by atoms with Crippen LogP contribution in [0.5, 0.6) is 0 Å². The van der Waals surface area contributed by atoms with Crippen molar-refractivity contribution in [3.63, 3.8) is 0 Å². The number of aliphatic hydroxyl groups excluding tert-OH is 1. The lowest BCUT2D eigenvalue weighted by molar-refractivity contribution is 0.0695. The highest BCUT2D eigenvalue weighted by atomic mass is 32.2. The van der Waals surface area contributed by atoms with E-state index >= 15 is 0 Å². The van der Waals surface area contributed by atoms with Crippen LogP contribution in [0.2, 0.25) is 0 Å². The van der Waals surface area contributed by atoms with Gasteiger partial charge in [0, 0.05) is 10.6 Å². The minimum atomic E-state index is -0.907. The molecule has 0 aliphatic carbocycles. The average Bonchev–Trinajstić information content (AvgIpc) is 2.19. The van der Waals surface area contributed by atoms with E-state index in [4.69, 9.17) is 5.11 Å². The van der Waals surface area contributed by atoms with Gasteiger partial charge in [-0.2, -0.15) is 0 Å². The van der Waals surface area contributed by atoms with Gasteiger partial charge in [-0.3, -0.25) is 0 Å². The third-order valence-electron chi connectivity index (χ3n) is 2.66. The number of benzene rings is 1. The zero-order chi connectivity index (χ0) is 11.0. The molecule has 0 fully saturated rings. The zero-order valence-corrected chi connectivity index (χ0v) is 9.17. The first-order valence-electron chi connectivity index (χ1n) is 4.79. The van der Waals surface area contributed by atoms with E-state index in [1.165, 1.54) is 0 Å². The second kappa shape index (κ2) is 3.87. The maximum atomic E-state index is 10.9. The summed E-state index contributed by atoms with van der Waals surface area (Å²) in [4.78, 5) is 11.9. The monoisotopic (exact) mass is 224 g/mol. The van der Waals surface area contributed by atoms with Gasteiger partial charge in [-0.05, 0) is 30.5 Å². The van der Waals surface area contributed by atoms with Crippen LogP contribution < -0.4 is 0 Å². The highest BCUT2D eigenvalue weighted by Crippen LogP contribution is 2.39. The predicted molar refractivity (Wildman–Crippen MR) is 58.4 cm³/mol. The lowest BCUT2D eigenvalue weighted by Gasteiger charge is -2.23. The number of thioether (sulfide) groups is 1. The summed E-state index contributed by atoms with van der Waals surface area (Å²) in [6, 6.07) is 3.30. The SMILES string of the molecule is Cc1c(C(=O)O)ccc2c1SCCC2O. The van der Waals surface area contributed by atoms with Gasteiger partial charge in [0.1, 0.15) is 0 Å². The van der Waals surface area contributed by atoms with Gasteiger partial charge in [-0.1, -0.05) is 6.07 Å². The summed E-state index contributed by atoms with van der Waals surface area (Å²) in [6.45, 7) is 1.80. The maximum Gasteiger partial charge on any atom is 0.335 e. The van der Waals surface area contributed by atoms with Crippen LogP contribution in [0.15, 0.2) is 17.0 Å². The Balaban J connectivity index is 2.57. The molecule has 0 radical (unpaired) electrons. The van der Waals surface area contributed by atoms with Crippen LogP contribution in [-0.2, 0) is 0 Å². The molecule has 80 valence electrons. The van der Waals surface area contributed by atoms with E-state index in [0.29, 0.717) is 5.56 Å². The number of carboxylic acids is 1. The fourth-order valence-electron chi connectivity index (χ4n) is 1.83. The summed E-state index contributed by atoms with van der Waals surface area (Å²) in [6.07, 6.45) is 0.298. The van der Waals surface area contributed by atoms with Gasteiger partial charge >= 0.3 is 5.97 Å². The second-order valence-electron chi connectivity index (χ2n) is 3.61. The molecule has 0 saturated carbocycles. The van der Waals surface area contributed by atoms with E-state index in [1.807, 2.05) is 0 Å².